The molecule has 1 fully saturated rings. The van der Waals surface area contributed by atoms with E-state index >= 15 is 0 Å². The molecule has 0 radical (unpaired) electrons. The molecule has 0 spiro atoms. The summed E-state index contributed by atoms with van der Waals surface area (Å²) >= 11 is 0. The lowest BCUT2D eigenvalue weighted by Crippen LogP contribution is -2.51. The summed E-state index contributed by atoms with van der Waals surface area (Å²) in [5, 5.41) is 6.09. The van der Waals surface area contributed by atoms with E-state index < -0.39 is 0 Å². The summed E-state index contributed by atoms with van der Waals surface area (Å²) in [6, 6.07) is 6.32. The van der Waals surface area contributed by atoms with Crippen molar-refractivity contribution in [2.24, 2.45) is 5.92 Å². The quantitative estimate of drug-likeness (QED) is 0.813. The molecule has 0 aromatic heterocycles. The molecule has 1 aromatic rings. The van der Waals surface area contributed by atoms with Crippen LogP contribution in [0.2, 0.25) is 0 Å². The zero-order valence-corrected chi connectivity index (χ0v) is 10.4. The van der Waals surface area contributed by atoms with Crippen molar-refractivity contribution in [3.05, 3.63) is 29.3 Å². The zero-order chi connectivity index (χ0) is 12.4. The number of hydrogen-bond donors (Lipinski definition) is 2. The van der Waals surface area contributed by atoms with Gasteiger partial charge in [0.15, 0.2) is 0 Å². The van der Waals surface area contributed by atoms with Crippen molar-refractivity contribution in [1.82, 2.24) is 10.6 Å². The molecule has 1 amide bonds. The zero-order valence-electron chi connectivity index (χ0n) is 10.4. The normalized spacial score (nSPS) is 17.8. The molecule has 4 nitrogen and oxygen atoms in total. The molecule has 1 aromatic carbocycles. The van der Waals surface area contributed by atoms with Crippen molar-refractivity contribution in [1.29, 1.82) is 0 Å². The molecule has 3 rings (SSSR count). The maximum absolute atomic E-state index is 11.6. The minimum atomic E-state index is 0.179. The second-order valence-corrected chi connectivity index (χ2v) is 4.94. The Morgan fingerprint density at radius 3 is 3.11 bits per heavy atom. The van der Waals surface area contributed by atoms with Gasteiger partial charge in [0.05, 0.1) is 12.5 Å². The lowest BCUT2D eigenvalue weighted by atomic mass is 10.0. The lowest BCUT2D eigenvalue weighted by molar-refractivity contribution is -0.126. The standard InChI is InChI=1S/C14H18N2O2/c17-14(12-8-15-9-12)16-5-3-10-1-2-13-11(7-10)4-6-18-13/h1-2,7,12,15H,3-6,8-9H2,(H,16,17). The minimum absolute atomic E-state index is 0.179. The lowest BCUT2D eigenvalue weighted by Gasteiger charge is -2.25. The van der Waals surface area contributed by atoms with Crippen molar-refractivity contribution >= 4 is 5.91 Å². The van der Waals surface area contributed by atoms with Crippen molar-refractivity contribution in [3.8, 4) is 5.75 Å². The number of benzene rings is 1. The van der Waals surface area contributed by atoms with Gasteiger partial charge in [0, 0.05) is 26.1 Å². The molecular formula is C14H18N2O2. The van der Waals surface area contributed by atoms with Gasteiger partial charge < -0.3 is 15.4 Å². The Balaban J connectivity index is 1.49. The van der Waals surface area contributed by atoms with Crippen LogP contribution in [0.3, 0.4) is 0 Å². The average Bonchev–Trinajstić information content (AvgIpc) is 2.73. The fourth-order valence-corrected chi connectivity index (χ4v) is 2.34. The van der Waals surface area contributed by atoms with Gasteiger partial charge in [-0.05, 0) is 23.6 Å². The number of nitrogens with one attached hydrogen (secondary N) is 2. The van der Waals surface area contributed by atoms with E-state index in [1.165, 1.54) is 11.1 Å². The molecule has 2 heterocycles. The Morgan fingerprint density at radius 2 is 2.33 bits per heavy atom. The predicted molar refractivity (Wildman–Crippen MR) is 68.7 cm³/mol. The molecule has 4 heteroatoms. The number of fused-ring (bicyclic) bond motifs is 1. The van der Waals surface area contributed by atoms with E-state index in [2.05, 4.69) is 22.8 Å². The van der Waals surface area contributed by atoms with Crippen molar-refractivity contribution in [2.75, 3.05) is 26.2 Å². The van der Waals surface area contributed by atoms with Crippen LogP contribution in [-0.2, 0) is 17.6 Å². The molecule has 2 N–H and O–H groups in total. The van der Waals surface area contributed by atoms with Gasteiger partial charge in [-0.25, -0.2) is 0 Å². The first kappa shape index (κ1) is 11.5. The number of carbonyl (C=O) groups excluding carboxylic acids is 1. The monoisotopic (exact) mass is 246 g/mol. The summed E-state index contributed by atoms with van der Waals surface area (Å²) in [5.41, 5.74) is 2.56. The number of rotatable bonds is 4. The average molecular weight is 246 g/mol. The van der Waals surface area contributed by atoms with Crippen LogP contribution >= 0.6 is 0 Å². The van der Waals surface area contributed by atoms with Gasteiger partial charge >= 0.3 is 0 Å². The number of ether oxygens (including phenoxy) is 1. The van der Waals surface area contributed by atoms with Gasteiger partial charge in [-0.1, -0.05) is 12.1 Å². The van der Waals surface area contributed by atoms with Crippen molar-refractivity contribution in [2.45, 2.75) is 12.8 Å². The molecule has 0 saturated carbocycles. The number of amides is 1. The Kier molecular flexibility index (Phi) is 3.19. The fourth-order valence-electron chi connectivity index (χ4n) is 2.34. The summed E-state index contributed by atoms with van der Waals surface area (Å²) < 4.78 is 5.47. The van der Waals surface area contributed by atoms with Gasteiger partial charge in [-0.15, -0.1) is 0 Å². The van der Waals surface area contributed by atoms with E-state index in [9.17, 15) is 4.79 Å². The van der Waals surface area contributed by atoms with Gasteiger partial charge in [-0.3, -0.25) is 4.79 Å². The topological polar surface area (TPSA) is 50.4 Å². The van der Waals surface area contributed by atoms with E-state index in [4.69, 9.17) is 4.74 Å². The third-order valence-corrected chi connectivity index (χ3v) is 3.62. The molecule has 96 valence electrons. The van der Waals surface area contributed by atoms with Crippen molar-refractivity contribution < 1.29 is 9.53 Å². The van der Waals surface area contributed by atoms with Crippen molar-refractivity contribution in [3.63, 3.8) is 0 Å². The van der Waals surface area contributed by atoms with E-state index in [1.807, 2.05) is 6.07 Å². The smallest absolute Gasteiger partial charge is 0.225 e. The maximum atomic E-state index is 11.6. The van der Waals surface area contributed by atoms with E-state index in [0.29, 0.717) is 0 Å². The second-order valence-electron chi connectivity index (χ2n) is 4.94. The van der Waals surface area contributed by atoms with E-state index in [1.54, 1.807) is 0 Å². The predicted octanol–water partition coefficient (Wildman–Crippen LogP) is 0.500. The summed E-state index contributed by atoms with van der Waals surface area (Å²) in [6.45, 7) is 3.16. The van der Waals surface area contributed by atoms with E-state index in [-0.39, 0.29) is 11.8 Å². The molecule has 0 bridgehead atoms. The minimum Gasteiger partial charge on any atom is -0.493 e. The second kappa shape index (κ2) is 4.98. The van der Waals surface area contributed by atoms with Crippen LogP contribution in [0, 0.1) is 5.92 Å². The van der Waals surface area contributed by atoms with Crippen LogP contribution in [-0.4, -0.2) is 32.1 Å². The van der Waals surface area contributed by atoms with Crippen LogP contribution < -0.4 is 15.4 Å². The first-order valence-corrected chi connectivity index (χ1v) is 6.56. The van der Waals surface area contributed by atoms with Crippen LogP contribution in [0.1, 0.15) is 11.1 Å². The highest BCUT2D eigenvalue weighted by atomic mass is 16.5. The highest BCUT2D eigenvalue weighted by Gasteiger charge is 2.24. The largest absolute Gasteiger partial charge is 0.493 e. The summed E-state index contributed by atoms with van der Waals surface area (Å²) in [7, 11) is 0. The van der Waals surface area contributed by atoms with Gasteiger partial charge in [0.25, 0.3) is 0 Å². The Bertz CT molecular complexity index is 455. The molecular weight excluding hydrogens is 228 g/mol. The molecule has 0 aliphatic carbocycles. The maximum Gasteiger partial charge on any atom is 0.225 e. The van der Waals surface area contributed by atoms with Gasteiger partial charge in [-0.2, -0.15) is 0 Å². The van der Waals surface area contributed by atoms with Crippen LogP contribution in [0.15, 0.2) is 18.2 Å². The summed E-state index contributed by atoms with van der Waals surface area (Å²) in [5.74, 6) is 1.37. The highest BCUT2D eigenvalue weighted by Crippen LogP contribution is 2.25. The molecule has 2 aliphatic heterocycles. The molecule has 0 atom stereocenters. The Hall–Kier alpha value is -1.55. The number of hydrogen-bond acceptors (Lipinski definition) is 3. The van der Waals surface area contributed by atoms with Crippen LogP contribution in [0.4, 0.5) is 0 Å². The molecule has 18 heavy (non-hydrogen) atoms. The highest BCUT2D eigenvalue weighted by molar-refractivity contribution is 5.79. The summed E-state index contributed by atoms with van der Waals surface area (Å²) in [4.78, 5) is 11.6. The molecule has 0 unspecified atom stereocenters. The summed E-state index contributed by atoms with van der Waals surface area (Å²) in [6.07, 6.45) is 1.89. The number of carbonyl (C=O) groups is 1. The SMILES string of the molecule is O=C(NCCc1ccc2c(c1)CCO2)C1CNC1. The van der Waals surface area contributed by atoms with Gasteiger partial charge in [0.1, 0.15) is 5.75 Å². The van der Waals surface area contributed by atoms with Crippen LogP contribution in [0.25, 0.3) is 0 Å². The fraction of sp³-hybridized carbons (Fsp3) is 0.500. The van der Waals surface area contributed by atoms with Crippen LogP contribution in [0.5, 0.6) is 5.75 Å². The first-order valence-electron chi connectivity index (χ1n) is 6.56. The first-order chi connectivity index (χ1) is 8.83. The van der Waals surface area contributed by atoms with E-state index in [0.717, 1.165) is 44.8 Å². The molecule has 1 saturated heterocycles. The third kappa shape index (κ3) is 2.34. The van der Waals surface area contributed by atoms with Gasteiger partial charge in [0.2, 0.25) is 5.91 Å². The Morgan fingerprint density at radius 1 is 1.44 bits per heavy atom. The Labute approximate surface area is 107 Å². The molecule has 2 aliphatic rings. The third-order valence-electron chi connectivity index (χ3n) is 3.62.